The van der Waals surface area contributed by atoms with Gasteiger partial charge in [-0.3, -0.25) is 4.79 Å². The normalized spacial score (nSPS) is 11.5. The molecular weight excluding hydrogens is 356 g/mol. The zero-order chi connectivity index (χ0) is 17.3. The number of hydrogen-bond acceptors (Lipinski definition) is 3. The molecule has 8 heteroatoms. The minimum absolute atomic E-state index is 0.0324. The average molecular weight is 366 g/mol. The Morgan fingerprint density at radius 1 is 1.12 bits per heavy atom. The first-order valence-corrected chi connectivity index (χ1v) is 7.59. The molecular formula is C16H10Cl2FN3O2. The maximum atomic E-state index is 12.8. The third kappa shape index (κ3) is 3.25. The van der Waals surface area contributed by atoms with Gasteiger partial charge in [0, 0.05) is 0 Å². The maximum absolute atomic E-state index is 12.8. The van der Waals surface area contributed by atoms with Gasteiger partial charge in [0.2, 0.25) is 5.88 Å². The molecule has 0 bridgehead atoms. The lowest BCUT2D eigenvalue weighted by atomic mass is 10.1. The predicted molar refractivity (Wildman–Crippen MR) is 89.6 cm³/mol. The van der Waals surface area contributed by atoms with Crippen molar-refractivity contribution in [3.63, 3.8) is 0 Å². The second kappa shape index (κ2) is 6.59. The number of azo groups is 1. The maximum Gasteiger partial charge on any atom is 0.269 e. The van der Waals surface area contributed by atoms with Gasteiger partial charge in [0.1, 0.15) is 5.82 Å². The van der Waals surface area contributed by atoms with Crippen LogP contribution in [0.4, 0.5) is 10.1 Å². The lowest BCUT2D eigenvalue weighted by Gasteiger charge is -1.98. The molecule has 0 saturated heterocycles. The monoisotopic (exact) mass is 365 g/mol. The van der Waals surface area contributed by atoms with Crippen LogP contribution in [-0.2, 0) is 11.2 Å². The minimum atomic E-state index is -0.548. The Kier molecular flexibility index (Phi) is 4.51. The number of rotatable bonds is 3. The number of carbonyl (C=O) groups excluding carboxylic acids is 1. The molecule has 0 spiro atoms. The van der Waals surface area contributed by atoms with Crippen molar-refractivity contribution >= 4 is 45.7 Å². The molecule has 1 amide bonds. The van der Waals surface area contributed by atoms with E-state index in [1.807, 2.05) is 0 Å². The van der Waals surface area contributed by atoms with Gasteiger partial charge in [-0.1, -0.05) is 35.3 Å². The van der Waals surface area contributed by atoms with Crippen molar-refractivity contribution < 1.29 is 14.3 Å². The molecule has 0 aliphatic heterocycles. The van der Waals surface area contributed by atoms with Gasteiger partial charge in [0.15, 0.2) is 5.69 Å². The van der Waals surface area contributed by atoms with Gasteiger partial charge in [0.05, 0.1) is 27.4 Å². The molecule has 1 aromatic heterocycles. The predicted octanol–water partition coefficient (Wildman–Crippen LogP) is 5.17. The SMILES string of the molecule is O=C(Cc1ccc(F)cc1)N=Nc1c(O)[nH]c2c(Cl)ccc(Cl)c12. The lowest BCUT2D eigenvalue weighted by Crippen LogP contribution is -1.97. The number of aromatic hydroxyl groups is 1. The Morgan fingerprint density at radius 2 is 1.79 bits per heavy atom. The van der Waals surface area contributed by atoms with Crippen LogP contribution < -0.4 is 0 Å². The number of benzene rings is 2. The summed E-state index contributed by atoms with van der Waals surface area (Å²) in [6, 6.07) is 8.62. The summed E-state index contributed by atoms with van der Waals surface area (Å²) in [4.78, 5) is 14.5. The molecule has 0 aliphatic rings. The number of amides is 1. The van der Waals surface area contributed by atoms with Gasteiger partial charge >= 0.3 is 0 Å². The number of nitrogens with zero attached hydrogens (tertiary/aromatic N) is 2. The lowest BCUT2D eigenvalue weighted by molar-refractivity contribution is -0.117. The number of nitrogens with one attached hydrogen (secondary N) is 1. The number of fused-ring (bicyclic) bond motifs is 1. The first-order chi connectivity index (χ1) is 11.5. The van der Waals surface area contributed by atoms with Gasteiger partial charge in [-0.2, -0.15) is 0 Å². The van der Waals surface area contributed by atoms with E-state index in [2.05, 4.69) is 15.2 Å². The largest absolute Gasteiger partial charge is 0.493 e. The van der Waals surface area contributed by atoms with Gasteiger partial charge < -0.3 is 10.1 Å². The van der Waals surface area contributed by atoms with E-state index in [0.29, 0.717) is 26.5 Å². The highest BCUT2D eigenvalue weighted by Crippen LogP contribution is 2.42. The second-order valence-corrected chi connectivity index (χ2v) is 5.81. The van der Waals surface area contributed by atoms with E-state index in [4.69, 9.17) is 23.2 Å². The van der Waals surface area contributed by atoms with Crippen LogP contribution in [0.15, 0.2) is 46.6 Å². The summed E-state index contributed by atoms with van der Waals surface area (Å²) in [6.45, 7) is 0. The Balaban J connectivity index is 1.88. The number of aromatic amines is 1. The fraction of sp³-hybridized carbons (Fsp3) is 0.0625. The van der Waals surface area contributed by atoms with E-state index >= 15 is 0 Å². The highest BCUT2D eigenvalue weighted by molar-refractivity contribution is 6.41. The molecule has 0 unspecified atom stereocenters. The fourth-order valence-electron chi connectivity index (χ4n) is 2.22. The minimum Gasteiger partial charge on any atom is -0.493 e. The van der Waals surface area contributed by atoms with Gasteiger partial charge in [-0.25, -0.2) is 4.39 Å². The highest BCUT2D eigenvalue weighted by Gasteiger charge is 2.16. The fourth-order valence-corrected chi connectivity index (χ4v) is 2.67. The van der Waals surface area contributed by atoms with Crippen LogP contribution in [0.3, 0.4) is 0 Å². The number of H-pyrrole nitrogens is 1. The molecule has 0 fully saturated rings. The Bertz CT molecular complexity index is 952. The van der Waals surface area contributed by atoms with E-state index in [9.17, 15) is 14.3 Å². The van der Waals surface area contributed by atoms with Crippen molar-refractivity contribution in [3.05, 3.63) is 57.8 Å². The van der Waals surface area contributed by atoms with Crippen LogP contribution in [0.1, 0.15) is 5.56 Å². The van der Waals surface area contributed by atoms with E-state index in [-0.39, 0.29) is 23.8 Å². The number of halogens is 3. The topological polar surface area (TPSA) is 77.8 Å². The summed E-state index contributed by atoms with van der Waals surface area (Å²) < 4.78 is 12.8. The first-order valence-electron chi connectivity index (χ1n) is 6.83. The van der Waals surface area contributed by atoms with Crippen molar-refractivity contribution in [2.75, 3.05) is 0 Å². The summed E-state index contributed by atoms with van der Waals surface area (Å²) in [5.41, 5.74) is 1.04. The average Bonchev–Trinajstić information content (AvgIpc) is 2.89. The molecule has 2 N–H and O–H groups in total. The van der Waals surface area contributed by atoms with E-state index in [1.165, 1.54) is 24.3 Å². The molecule has 122 valence electrons. The van der Waals surface area contributed by atoms with Crippen LogP contribution in [0.25, 0.3) is 10.9 Å². The number of aromatic nitrogens is 1. The van der Waals surface area contributed by atoms with Crippen molar-refractivity contribution in [1.29, 1.82) is 0 Å². The molecule has 3 aromatic rings. The van der Waals surface area contributed by atoms with Crippen LogP contribution in [0, 0.1) is 5.82 Å². The number of hydrogen-bond donors (Lipinski definition) is 2. The van der Waals surface area contributed by atoms with Crippen molar-refractivity contribution in [2.45, 2.75) is 6.42 Å². The molecule has 0 atom stereocenters. The summed E-state index contributed by atoms with van der Waals surface area (Å²) in [7, 11) is 0. The molecule has 0 radical (unpaired) electrons. The van der Waals surface area contributed by atoms with Crippen LogP contribution in [0.5, 0.6) is 5.88 Å². The number of carbonyl (C=O) groups is 1. The summed E-state index contributed by atoms with van der Waals surface area (Å²) in [5.74, 6) is -1.23. The molecule has 24 heavy (non-hydrogen) atoms. The quantitative estimate of drug-likeness (QED) is 0.627. The van der Waals surface area contributed by atoms with Crippen LogP contribution in [0.2, 0.25) is 10.0 Å². The summed E-state index contributed by atoms with van der Waals surface area (Å²) >= 11 is 12.1. The summed E-state index contributed by atoms with van der Waals surface area (Å²) in [6.07, 6.45) is -0.0403. The van der Waals surface area contributed by atoms with E-state index in [0.717, 1.165) is 0 Å². The Hall–Kier alpha value is -2.44. The molecule has 5 nitrogen and oxygen atoms in total. The Morgan fingerprint density at radius 3 is 2.50 bits per heavy atom. The second-order valence-electron chi connectivity index (χ2n) is 5.00. The van der Waals surface area contributed by atoms with Gasteiger partial charge in [-0.05, 0) is 29.8 Å². The third-order valence-electron chi connectivity index (χ3n) is 3.34. The van der Waals surface area contributed by atoms with Crippen molar-refractivity contribution in [3.8, 4) is 5.88 Å². The van der Waals surface area contributed by atoms with Gasteiger partial charge in [-0.15, -0.1) is 10.2 Å². The van der Waals surface area contributed by atoms with Crippen LogP contribution in [-0.4, -0.2) is 16.0 Å². The van der Waals surface area contributed by atoms with Gasteiger partial charge in [0.25, 0.3) is 5.91 Å². The molecule has 0 aliphatic carbocycles. The molecule has 1 heterocycles. The molecule has 3 rings (SSSR count). The highest BCUT2D eigenvalue weighted by atomic mass is 35.5. The zero-order valence-corrected chi connectivity index (χ0v) is 13.6. The van der Waals surface area contributed by atoms with E-state index in [1.54, 1.807) is 12.1 Å². The van der Waals surface area contributed by atoms with Crippen molar-refractivity contribution in [1.82, 2.24) is 4.98 Å². The van der Waals surface area contributed by atoms with Crippen molar-refractivity contribution in [2.24, 2.45) is 10.2 Å². The Labute approximate surface area is 145 Å². The zero-order valence-electron chi connectivity index (χ0n) is 12.1. The third-order valence-corrected chi connectivity index (χ3v) is 3.97. The molecule has 2 aromatic carbocycles. The smallest absolute Gasteiger partial charge is 0.269 e. The standard InChI is InChI=1S/C16H10Cl2FN3O2/c17-10-5-6-11(18)14-13(10)15(16(24)20-14)22-21-12(23)7-8-1-3-9(19)4-2-8/h1-6,20,24H,7H2. The summed E-state index contributed by atoms with van der Waals surface area (Å²) in [5, 5.41) is 18.3. The first kappa shape index (κ1) is 16.4. The van der Waals surface area contributed by atoms with E-state index < -0.39 is 5.91 Å². The molecule has 0 saturated carbocycles. The van der Waals surface area contributed by atoms with Crippen LogP contribution >= 0.6 is 23.2 Å².